The molecule has 0 radical (unpaired) electrons. The van der Waals surface area contributed by atoms with Crippen LogP contribution in [0.5, 0.6) is 0 Å². The predicted molar refractivity (Wildman–Crippen MR) is 79.8 cm³/mol. The lowest BCUT2D eigenvalue weighted by Gasteiger charge is -2.12. The first-order valence-electron chi connectivity index (χ1n) is 6.70. The number of nitrogens with zero attached hydrogens (tertiary/aromatic N) is 1. The molecule has 0 aliphatic rings. The van der Waals surface area contributed by atoms with Gasteiger partial charge in [0.1, 0.15) is 0 Å². The van der Waals surface area contributed by atoms with Gasteiger partial charge in [-0.1, -0.05) is 25.5 Å². The second-order valence-corrected chi connectivity index (χ2v) is 4.87. The Bertz CT molecular complexity index is 612. The van der Waals surface area contributed by atoms with E-state index >= 15 is 0 Å². The Morgan fingerprint density at radius 3 is 2.53 bits per heavy atom. The number of anilines is 1. The van der Waals surface area contributed by atoms with Crippen LogP contribution < -0.4 is 11.2 Å². The summed E-state index contributed by atoms with van der Waals surface area (Å²) in [6.45, 7) is 4.10. The maximum absolute atomic E-state index is 11.5. The topological polar surface area (TPSA) is 48.0 Å². The summed E-state index contributed by atoms with van der Waals surface area (Å²) in [5, 5.41) is 0. The van der Waals surface area contributed by atoms with Crippen molar-refractivity contribution < 1.29 is 0 Å². The van der Waals surface area contributed by atoms with E-state index in [-0.39, 0.29) is 11.1 Å². The fraction of sp³-hybridized carbons (Fsp3) is 0.312. The van der Waals surface area contributed by atoms with E-state index in [1.807, 2.05) is 11.5 Å². The summed E-state index contributed by atoms with van der Waals surface area (Å²) in [6.07, 6.45) is 5.22. The molecule has 2 aromatic rings. The Labute approximate surface area is 113 Å². The molecule has 19 heavy (non-hydrogen) atoms. The Balaban J connectivity index is 2.32. The van der Waals surface area contributed by atoms with Crippen molar-refractivity contribution in [2.45, 2.75) is 33.1 Å². The lowest BCUT2D eigenvalue weighted by Crippen LogP contribution is -2.13. The molecule has 0 unspecified atom stereocenters. The van der Waals surface area contributed by atoms with Crippen molar-refractivity contribution in [2.75, 3.05) is 5.73 Å². The van der Waals surface area contributed by atoms with Crippen molar-refractivity contribution in [1.82, 2.24) is 4.57 Å². The van der Waals surface area contributed by atoms with Gasteiger partial charge in [0, 0.05) is 23.6 Å². The molecule has 0 bridgehead atoms. The first-order valence-corrected chi connectivity index (χ1v) is 6.70. The molecule has 0 spiro atoms. The van der Waals surface area contributed by atoms with Gasteiger partial charge in [0.05, 0.1) is 5.69 Å². The molecule has 0 amide bonds. The highest BCUT2D eigenvalue weighted by atomic mass is 16.1. The van der Waals surface area contributed by atoms with Gasteiger partial charge in [-0.15, -0.1) is 0 Å². The minimum absolute atomic E-state index is 0.117. The molecule has 100 valence electrons. The minimum Gasteiger partial charge on any atom is -0.394 e. The van der Waals surface area contributed by atoms with Gasteiger partial charge in [-0.3, -0.25) is 4.79 Å². The van der Waals surface area contributed by atoms with Crippen LogP contribution >= 0.6 is 0 Å². The van der Waals surface area contributed by atoms with Gasteiger partial charge < -0.3 is 10.3 Å². The third-order valence-corrected chi connectivity index (χ3v) is 3.31. The number of benzene rings is 1. The zero-order valence-electron chi connectivity index (χ0n) is 11.5. The Morgan fingerprint density at radius 1 is 1.21 bits per heavy atom. The van der Waals surface area contributed by atoms with Gasteiger partial charge in [-0.2, -0.15) is 0 Å². The molecule has 0 fully saturated rings. The minimum atomic E-state index is -0.117. The molecule has 3 nitrogen and oxygen atoms in total. The SMILES string of the molecule is CCCCc1ccc(-n2cc(N)c(=O)cc2C)cc1. The van der Waals surface area contributed by atoms with Gasteiger partial charge in [0.25, 0.3) is 0 Å². The number of aromatic nitrogens is 1. The average Bonchev–Trinajstić information content (AvgIpc) is 2.41. The summed E-state index contributed by atoms with van der Waals surface area (Å²) >= 11 is 0. The van der Waals surface area contributed by atoms with E-state index in [4.69, 9.17) is 5.73 Å². The number of hydrogen-bond donors (Lipinski definition) is 1. The zero-order valence-corrected chi connectivity index (χ0v) is 11.5. The Kier molecular flexibility index (Phi) is 4.05. The monoisotopic (exact) mass is 256 g/mol. The first-order chi connectivity index (χ1) is 9.11. The molecule has 1 heterocycles. The molecule has 0 saturated heterocycles. The van der Waals surface area contributed by atoms with E-state index < -0.39 is 0 Å². The molecule has 1 aromatic carbocycles. The van der Waals surface area contributed by atoms with Crippen molar-refractivity contribution in [3.05, 3.63) is 58.0 Å². The second kappa shape index (κ2) is 5.74. The second-order valence-electron chi connectivity index (χ2n) is 4.87. The third kappa shape index (κ3) is 3.05. The number of aryl methyl sites for hydroxylation is 2. The summed E-state index contributed by atoms with van der Waals surface area (Å²) < 4.78 is 1.94. The first kappa shape index (κ1) is 13.4. The van der Waals surface area contributed by atoms with E-state index in [2.05, 4.69) is 31.2 Å². The van der Waals surface area contributed by atoms with Crippen LogP contribution in [-0.4, -0.2) is 4.57 Å². The van der Waals surface area contributed by atoms with Gasteiger partial charge >= 0.3 is 0 Å². The fourth-order valence-corrected chi connectivity index (χ4v) is 2.13. The van der Waals surface area contributed by atoms with Crippen LogP contribution in [0.2, 0.25) is 0 Å². The van der Waals surface area contributed by atoms with Crippen molar-refractivity contribution in [3.8, 4) is 5.69 Å². The van der Waals surface area contributed by atoms with Crippen LogP contribution in [0.25, 0.3) is 5.69 Å². The number of unbranched alkanes of at least 4 members (excludes halogenated alkanes) is 1. The largest absolute Gasteiger partial charge is 0.394 e. The molecule has 0 saturated carbocycles. The average molecular weight is 256 g/mol. The van der Waals surface area contributed by atoms with E-state index in [1.165, 1.54) is 18.4 Å². The van der Waals surface area contributed by atoms with Crippen molar-refractivity contribution >= 4 is 5.69 Å². The van der Waals surface area contributed by atoms with Crippen LogP contribution in [-0.2, 0) is 6.42 Å². The van der Waals surface area contributed by atoms with Gasteiger partial charge in [-0.05, 0) is 37.5 Å². The molecule has 0 aliphatic carbocycles. The maximum Gasteiger partial charge on any atom is 0.204 e. The van der Waals surface area contributed by atoms with E-state index in [9.17, 15) is 4.79 Å². The lowest BCUT2D eigenvalue weighted by atomic mass is 10.1. The van der Waals surface area contributed by atoms with Gasteiger partial charge in [0.15, 0.2) is 0 Å². The summed E-state index contributed by atoms with van der Waals surface area (Å²) in [6, 6.07) is 9.99. The molecule has 1 aromatic heterocycles. The number of nitrogen functional groups attached to an aromatic ring is 1. The van der Waals surface area contributed by atoms with Crippen LogP contribution in [0.4, 0.5) is 5.69 Å². The number of rotatable bonds is 4. The summed E-state index contributed by atoms with van der Waals surface area (Å²) in [7, 11) is 0. The van der Waals surface area contributed by atoms with Gasteiger partial charge in [0.2, 0.25) is 5.43 Å². The molecular formula is C16H20N2O. The molecule has 0 atom stereocenters. The molecule has 0 aliphatic heterocycles. The standard InChI is InChI=1S/C16H20N2O/c1-3-4-5-13-6-8-14(9-7-13)18-11-15(17)16(19)10-12(18)2/h6-11H,3-5,17H2,1-2H3. The smallest absolute Gasteiger partial charge is 0.204 e. The molecule has 2 N–H and O–H groups in total. The lowest BCUT2D eigenvalue weighted by molar-refractivity contribution is 0.794. The van der Waals surface area contributed by atoms with Crippen LogP contribution in [0.15, 0.2) is 41.3 Å². The highest BCUT2D eigenvalue weighted by Gasteiger charge is 2.03. The highest BCUT2D eigenvalue weighted by Crippen LogP contribution is 2.14. The number of hydrogen-bond acceptors (Lipinski definition) is 2. The highest BCUT2D eigenvalue weighted by molar-refractivity contribution is 5.43. The van der Waals surface area contributed by atoms with E-state index in [0.717, 1.165) is 17.8 Å². The van der Waals surface area contributed by atoms with Crippen molar-refractivity contribution in [2.24, 2.45) is 0 Å². The fourth-order valence-electron chi connectivity index (χ4n) is 2.13. The third-order valence-electron chi connectivity index (χ3n) is 3.31. The summed E-state index contributed by atoms with van der Waals surface area (Å²) in [4.78, 5) is 11.5. The van der Waals surface area contributed by atoms with Crippen molar-refractivity contribution in [1.29, 1.82) is 0 Å². The molecular weight excluding hydrogens is 236 g/mol. The van der Waals surface area contributed by atoms with E-state index in [0.29, 0.717) is 0 Å². The predicted octanol–water partition coefficient (Wildman–Crippen LogP) is 3.07. The Morgan fingerprint density at radius 2 is 1.89 bits per heavy atom. The van der Waals surface area contributed by atoms with Crippen LogP contribution in [0.1, 0.15) is 31.0 Å². The van der Waals surface area contributed by atoms with Crippen molar-refractivity contribution in [3.63, 3.8) is 0 Å². The van der Waals surface area contributed by atoms with Crippen LogP contribution in [0, 0.1) is 6.92 Å². The number of pyridine rings is 1. The quantitative estimate of drug-likeness (QED) is 0.914. The summed E-state index contributed by atoms with van der Waals surface area (Å²) in [5.41, 5.74) is 9.12. The molecule has 3 heteroatoms. The maximum atomic E-state index is 11.5. The normalized spacial score (nSPS) is 10.6. The van der Waals surface area contributed by atoms with Gasteiger partial charge in [-0.25, -0.2) is 0 Å². The van der Waals surface area contributed by atoms with E-state index in [1.54, 1.807) is 12.3 Å². The number of nitrogens with two attached hydrogens (primary N) is 1. The molecule has 2 rings (SSSR count). The summed E-state index contributed by atoms with van der Waals surface area (Å²) in [5.74, 6) is 0. The van der Waals surface area contributed by atoms with Crippen LogP contribution in [0.3, 0.4) is 0 Å². The Hall–Kier alpha value is -2.03. The zero-order chi connectivity index (χ0) is 13.8.